The summed E-state index contributed by atoms with van der Waals surface area (Å²) >= 11 is 0. The van der Waals surface area contributed by atoms with E-state index in [0.717, 1.165) is 36.5 Å². The molecule has 0 bridgehead atoms. The van der Waals surface area contributed by atoms with Crippen molar-refractivity contribution in [3.8, 4) is 6.07 Å². The van der Waals surface area contributed by atoms with Crippen LogP contribution in [-0.4, -0.2) is 26.8 Å². The van der Waals surface area contributed by atoms with Gasteiger partial charge in [-0.05, 0) is 19.4 Å². The number of anilines is 1. The smallest absolute Gasteiger partial charge is 0.138 e. The summed E-state index contributed by atoms with van der Waals surface area (Å²) in [6, 6.07) is 2.06. The van der Waals surface area contributed by atoms with Gasteiger partial charge in [-0.2, -0.15) is 10.4 Å². The molecule has 1 aliphatic rings. The Morgan fingerprint density at radius 3 is 2.80 bits per heavy atom. The van der Waals surface area contributed by atoms with E-state index in [1.54, 1.807) is 6.20 Å². The minimum atomic E-state index is -1.30. The maximum Gasteiger partial charge on any atom is 0.138 e. The van der Waals surface area contributed by atoms with E-state index in [-0.39, 0.29) is 0 Å². The van der Waals surface area contributed by atoms with Crippen molar-refractivity contribution in [3.63, 3.8) is 0 Å². The number of allylic oxidation sites excluding steroid dienone is 3. The summed E-state index contributed by atoms with van der Waals surface area (Å²) in [6.45, 7) is 5.79. The van der Waals surface area contributed by atoms with E-state index < -0.39 is 10.8 Å². The number of nitrogens with zero attached hydrogens (tertiary/aromatic N) is 4. The molecule has 0 amide bonds. The highest BCUT2D eigenvalue weighted by Gasteiger charge is 2.24. The quantitative estimate of drug-likeness (QED) is 0.798. The summed E-state index contributed by atoms with van der Waals surface area (Å²) in [6.07, 6.45) is 8.10. The lowest BCUT2D eigenvalue weighted by atomic mass is 10.1. The van der Waals surface area contributed by atoms with Crippen LogP contribution in [0.4, 0.5) is 5.82 Å². The first kappa shape index (κ1) is 14.5. The highest BCUT2D eigenvalue weighted by molar-refractivity contribution is 7.88. The Balaban J connectivity index is 2.64. The van der Waals surface area contributed by atoms with Crippen molar-refractivity contribution in [2.75, 3.05) is 17.7 Å². The van der Waals surface area contributed by atoms with Gasteiger partial charge in [-0.3, -0.25) is 4.21 Å². The van der Waals surface area contributed by atoms with Crippen molar-refractivity contribution in [2.45, 2.75) is 26.8 Å². The fourth-order valence-corrected chi connectivity index (χ4v) is 2.94. The fraction of sp³-hybridized carbons (Fsp3) is 0.429. The van der Waals surface area contributed by atoms with Crippen LogP contribution in [0.25, 0.3) is 5.57 Å². The first-order valence-corrected chi connectivity index (χ1v) is 8.18. The summed E-state index contributed by atoms with van der Waals surface area (Å²) < 4.78 is 13.6. The molecule has 0 fully saturated rings. The second kappa shape index (κ2) is 6.06. The Morgan fingerprint density at radius 2 is 2.25 bits per heavy atom. The maximum atomic E-state index is 11.7. The molecule has 2 rings (SSSR count). The van der Waals surface area contributed by atoms with Crippen molar-refractivity contribution in [3.05, 3.63) is 28.9 Å². The van der Waals surface area contributed by atoms with Crippen LogP contribution >= 0.6 is 0 Å². The van der Waals surface area contributed by atoms with Crippen LogP contribution in [0.15, 0.2) is 23.4 Å². The molecule has 0 saturated carbocycles. The van der Waals surface area contributed by atoms with E-state index in [2.05, 4.69) is 23.0 Å². The first-order valence-electron chi connectivity index (χ1n) is 6.62. The normalized spacial score (nSPS) is 17.6. The van der Waals surface area contributed by atoms with E-state index in [1.807, 2.05) is 23.9 Å². The van der Waals surface area contributed by atoms with Gasteiger partial charge in [0.25, 0.3) is 0 Å². The van der Waals surface area contributed by atoms with Gasteiger partial charge in [0.1, 0.15) is 16.8 Å². The van der Waals surface area contributed by atoms with Crippen LogP contribution in [0, 0.1) is 11.3 Å². The van der Waals surface area contributed by atoms with Gasteiger partial charge in [0.05, 0.1) is 17.0 Å². The highest BCUT2D eigenvalue weighted by atomic mass is 32.2. The van der Waals surface area contributed by atoms with Crippen LogP contribution in [0.3, 0.4) is 0 Å². The lowest BCUT2D eigenvalue weighted by molar-refractivity contribution is 0.648. The molecule has 0 aliphatic carbocycles. The predicted octanol–water partition coefficient (Wildman–Crippen LogP) is 2.26. The Bertz CT molecular complexity index is 636. The molecule has 1 atom stereocenters. The summed E-state index contributed by atoms with van der Waals surface area (Å²) in [7, 11) is -1.30. The van der Waals surface area contributed by atoms with E-state index in [4.69, 9.17) is 0 Å². The van der Waals surface area contributed by atoms with E-state index >= 15 is 0 Å². The molecule has 0 aromatic carbocycles. The van der Waals surface area contributed by atoms with Crippen LogP contribution in [-0.2, 0) is 17.3 Å². The molecule has 1 aromatic rings. The zero-order valence-electron chi connectivity index (χ0n) is 12.0. The fourth-order valence-electron chi connectivity index (χ4n) is 2.33. The summed E-state index contributed by atoms with van der Waals surface area (Å²) in [4.78, 5) is 2.43. The van der Waals surface area contributed by atoms with Gasteiger partial charge in [0.2, 0.25) is 0 Å². The third kappa shape index (κ3) is 2.41. The molecule has 0 saturated heterocycles. The molecule has 0 spiro atoms. The third-order valence-electron chi connectivity index (χ3n) is 3.19. The average molecular weight is 290 g/mol. The lowest BCUT2D eigenvalue weighted by Crippen LogP contribution is -2.23. The topological polar surface area (TPSA) is 61.9 Å². The number of hydrogen-bond donors (Lipinski definition) is 0. The molecule has 5 nitrogen and oxygen atoms in total. The minimum absolute atomic E-state index is 0.300. The average Bonchev–Trinajstić information content (AvgIpc) is 2.86. The van der Waals surface area contributed by atoms with E-state index in [1.165, 1.54) is 6.26 Å². The van der Waals surface area contributed by atoms with Crippen molar-refractivity contribution in [2.24, 2.45) is 0 Å². The number of fused-ring (bicyclic) bond motifs is 1. The highest BCUT2D eigenvalue weighted by Crippen LogP contribution is 2.35. The van der Waals surface area contributed by atoms with Gasteiger partial charge in [-0.25, -0.2) is 4.68 Å². The molecule has 1 aromatic heterocycles. The zero-order valence-corrected chi connectivity index (χ0v) is 12.8. The standard InChI is InChI=1S/C14H18N4OS/c1-4-7-17-8-6-11(13(9-15)20(3)19)12-10-16-18(5-2)14(12)17/h6,8,10H,4-5,7H2,1-3H3/b13-11+. The number of aryl methyl sites for hydroxylation is 1. The van der Waals surface area contributed by atoms with Gasteiger partial charge >= 0.3 is 0 Å². The SMILES string of the molecule is CCCN1C=C/C(=C(/C#N)S(C)=O)c2cnn(CC)c21. The van der Waals surface area contributed by atoms with Crippen LogP contribution in [0.1, 0.15) is 25.8 Å². The van der Waals surface area contributed by atoms with Gasteiger partial charge < -0.3 is 4.90 Å². The first-order chi connectivity index (χ1) is 9.63. The van der Waals surface area contributed by atoms with Crippen molar-refractivity contribution in [1.29, 1.82) is 5.26 Å². The molecular formula is C14H18N4OS. The number of nitriles is 1. The zero-order chi connectivity index (χ0) is 14.7. The van der Waals surface area contributed by atoms with E-state index in [9.17, 15) is 9.47 Å². The molecule has 20 heavy (non-hydrogen) atoms. The molecule has 0 N–H and O–H groups in total. The Kier molecular flexibility index (Phi) is 4.40. The number of hydrogen-bond acceptors (Lipinski definition) is 4. The van der Waals surface area contributed by atoms with Gasteiger partial charge in [-0.1, -0.05) is 6.92 Å². The van der Waals surface area contributed by atoms with Crippen LogP contribution in [0.5, 0.6) is 0 Å². The summed E-state index contributed by atoms with van der Waals surface area (Å²) in [5, 5.41) is 13.6. The second-order valence-corrected chi connectivity index (χ2v) is 5.83. The van der Waals surface area contributed by atoms with Crippen molar-refractivity contribution < 1.29 is 4.21 Å². The van der Waals surface area contributed by atoms with Crippen molar-refractivity contribution >= 4 is 22.2 Å². The van der Waals surface area contributed by atoms with Crippen LogP contribution in [0.2, 0.25) is 0 Å². The molecule has 1 aliphatic heterocycles. The van der Waals surface area contributed by atoms with Crippen LogP contribution < -0.4 is 4.90 Å². The minimum Gasteiger partial charge on any atom is -0.333 e. The van der Waals surface area contributed by atoms with Gasteiger partial charge in [0.15, 0.2) is 0 Å². The molecule has 0 radical (unpaired) electrons. The maximum absolute atomic E-state index is 11.7. The Labute approximate surface area is 121 Å². The molecule has 6 heteroatoms. The Hall–Kier alpha value is -1.87. The molecule has 2 heterocycles. The number of rotatable bonds is 4. The molecular weight excluding hydrogens is 272 g/mol. The van der Waals surface area contributed by atoms with E-state index in [0.29, 0.717) is 4.91 Å². The lowest BCUT2D eigenvalue weighted by Gasteiger charge is -2.26. The largest absolute Gasteiger partial charge is 0.333 e. The molecule has 1 unspecified atom stereocenters. The Morgan fingerprint density at radius 1 is 1.50 bits per heavy atom. The summed E-state index contributed by atoms with van der Waals surface area (Å²) in [5.41, 5.74) is 1.60. The van der Waals surface area contributed by atoms with Gasteiger partial charge in [-0.15, -0.1) is 0 Å². The third-order valence-corrected chi connectivity index (χ3v) is 4.08. The second-order valence-electron chi connectivity index (χ2n) is 4.52. The summed E-state index contributed by atoms with van der Waals surface area (Å²) in [5.74, 6) is 0.977. The number of aromatic nitrogens is 2. The monoisotopic (exact) mass is 290 g/mol. The van der Waals surface area contributed by atoms with Gasteiger partial charge in [0, 0.05) is 36.7 Å². The molecule has 106 valence electrons. The van der Waals surface area contributed by atoms with Crippen molar-refractivity contribution in [1.82, 2.24) is 9.78 Å². The predicted molar refractivity (Wildman–Crippen MR) is 81.3 cm³/mol.